The smallest absolute Gasteiger partial charge is 0.309 e. The van der Waals surface area contributed by atoms with E-state index in [0.29, 0.717) is 80.4 Å². The van der Waals surface area contributed by atoms with Crippen LogP contribution in [0, 0.1) is 68.0 Å². The Balaban J connectivity index is 1.20. The highest BCUT2D eigenvalue weighted by Crippen LogP contribution is 2.78. The molecule has 1 heterocycles. The predicted molar refractivity (Wildman–Crippen MR) is 212 cm³/mol. The Hall–Kier alpha value is -2.38. The molecule has 8 heteroatoms. The molecular weight excluding hydrogens is 677 g/mol. The summed E-state index contributed by atoms with van der Waals surface area (Å²) < 4.78 is 6.19. The van der Waals surface area contributed by atoms with Gasteiger partial charge in [0, 0.05) is 44.4 Å². The first kappa shape index (κ1) is 41.3. The highest BCUT2D eigenvalue weighted by Gasteiger charge is 2.71. The van der Waals surface area contributed by atoms with Gasteiger partial charge in [-0.05, 0) is 142 Å². The van der Waals surface area contributed by atoms with Gasteiger partial charge in [0.1, 0.15) is 6.10 Å². The molecule has 0 aromatic carbocycles. The molecule has 54 heavy (non-hydrogen) atoms. The summed E-state index contributed by atoms with van der Waals surface area (Å²) in [6, 6.07) is 0. The largest absolute Gasteiger partial charge is 0.481 e. The number of ether oxygens (including phenoxy) is 1. The summed E-state index contributed by atoms with van der Waals surface area (Å²) in [5.74, 6) is 1.93. The Labute approximate surface area is 327 Å². The number of carbonyl (C=O) groups is 4. The number of carboxylic acids is 1. The summed E-state index contributed by atoms with van der Waals surface area (Å²) in [7, 11) is 0. The standard InChI is InChI=1S/C46H74N2O6/c1-29(2)26-36(49)47-22-24-48(25-23-47)37(50)27-46-19-14-31(30(3)4)39(46)32-12-13-34-43(9)17-16-35(54-38(51)28-41(5,6)40(52)53)42(7,8)33(43)15-18-45(34,11)44(32,10)20-21-46/h29,31-35,39H,3,12-28H2,1-2,4-11H3,(H,52,53)/t31-,32+,33-,34+,35-,39+,43-,44+,45+,46+/m0/s1. The molecule has 6 rings (SSSR count). The number of amides is 2. The molecule has 0 unspecified atom stereocenters. The zero-order valence-electron chi connectivity index (χ0n) is 35.7. The van der Waals surface area contributed by atoms with Crippen molar-refractivity contribution in [3.05, 3.63) is 12.2 Å². The quantitative estimate of drug-likeness (QED) is 0.186. The van der Waals surface area contributed by atoms with Gasteiger partial charge in [-0.25, -0.2) is 0 Å². The number of nitrogens with zero attached hydrogens (tertiary/aromatic N) is 2. The molecule has 2 amide bonds. The Morgan fingerprint density at radius 1 is 0.796 bits per heavy atom. The maximum atomic E-state index is 14.3. The van der Waals surface area contributed by atoms with Gasteiger partial charge in [-0.1, -0.05) is 60.6 Å². The van der Waals surface area contributed by atoms with E-state index in [9.17, 15) is 24.3 Å². The van der Waals surface area contributed by atoms with Crippen LogP contribution < -0.4 is 0 Å². The van der Waals surface area contributed by atoms with Crippen LogP contribution in [0.25, 0.3) is 0 Å². The average molecular weight is 751 g/mol. The monoisotopic (exact) mass is 751 g/mol. The van der Waals surface area contributed by atoms with Crippen LogP contribution in [-0.2, 0) is 23.9 Å². The van der Waals surface area contributed by atoms with Crippen LogP contribution in [-0.4, -0.2) is 70.9 Å². The number of carbonyl (C=O) groups excluding carboxylic acids is 3. The Morgan fingerprint density at radius 2 is 1.43 bits per heavy atom. The molecule has 1 aliphatic heterocycles. The lowest BCUT2D eigenvalue weighted by molar-refractivity contribution is -0.250. The fourth-order valence-corrected chi connectivity index (χ4v) is 14.5. The maximum Gasteiger partial charge on any atom is 0.309 e. The predicted octanol–water partition coefficient (Wildman–Crippen LogP) is 9.16. The van der Waals surface area contributed by atoms with Crippen molar-refractivity contribution in [2.24, 2.45) is 68.0 Å². The van der Waals surface area contributed by atoms with Crippen LogP contribution in [0.15, 0.2) is 12.2 Å². The van der Waals surface area contributed by atoms with E-state index in [1.54, 1.807) is 13.8 Å². The molecule has 1 N–H and O–H groups in total. The van der Waals surface area contributed by atoms with Crippen LogP contribution in [0.3, 0.4) is 0 Å². The van der Waals surface area contributed by atoms with Gasteiger partial charge in [-0.3, -0.25) is 19.2 Å². The first-order valence-corrected chi connectivity index (χ1v) is 21.7. The van der Waals surface area contributed by atoms with Crippen molar-refractivity contribution < 1.29 is 29.0 Å². The molecule has 1 saturated heterocycles. The number of fused-ring (bicyclic) bond motifs is 7. The van der Waals surface area contributed by atoms with E-state index in [1.165, 1.54) is 24.8 Å². The van der Waals surface area contributed by atoms with Gasteiger partial charge in [0.25, 0.3) is 0 Å². The summed E-state index contributed by atoms with van der Waals surface area (Å²) in [5, 5.41) is 9.63. The van der Waals surface area contributed by atoms with Crippen molar-refractivity contribution >= 4 is 23.8 Å². The number of aliphatic carboxylic acids is 1. The average Bonchev–Trinajstić information content (AvgIpc) is 3.45. The summed E-state index contributed by atoms with van der Waals surface area (Å²) in [4.78, 5) is 55.9. The van der Waals surface area contributed by atoms with E-state index in [0.717, 1.165) is 44.9 Å². The molecule has 0 radical (unpaired) electrons. The van der Waals surface area contributed by atoms with Crippen molar-refractivity contribution in [3.63, 3.8) is 0 Å². The zero-order chi connectivity index (χ0) is 39.8. The second-order valence-corrected chi connectivity index (χ2v) is 21.8. The van der Waals surface area contributed by atoms with E-state index < -0.39 is 17.4 Å². The molecule has 0 aromatic heterocycles. The van der Waals surface area contributed by atoms with E-state index in [-0.39, 0.29) is 45.5 Å². The minimum Gasteiger partial charge on any atom is -0.481 e. The number of hydrogen-bond donors (Lipinski definition) is 1. The van der Waals surface area contributed by atoms with Gasteiger partial charge < -0.3 is 19.6 Å². The van der Waals surface area contributed by atoms with Gasteiger partial charge in [0.2, 0.25) is 11.8 Å². The molecule has 8 nitrogen and oxygen atoms in total. The van der Waals surface area contributed by atoms with Crippen molar-refractivity contribution in [1.82, 2.24) is 9.80 Å². The van der Waals surface area contributed by atoms with Gasteiger partial charge >= 0.3 is 11.9 Å². The maximum absolute atomic E-state index is 14.3. The summed E-state index contributed by atoms with van der Waals surface area (Å²) in [6.07, 6.45) is 11.9. The Bertz CT molecular complexity index is 1510. The zero-order valence-corrected chi connectivity index (χ0v) is 35.7. The SMILES string of the molecule is C=C(C)[C@@H]1CC[C@]2(CC(=O)N3CCN(C(=O)CC(C)C)CC3)CC[C@]3(C)[C@H](CC[C@@H]4[C@@]5(C)CC[C@H](OC(=O)CC(C)(C)C(=O)O)C(C)(C)[C@@H]5CC[C@]43C)[C@@H]12. The lowest BCUT2D eigenvalue weighted by atomic mass is 9.32. The molecule has 6 fully saturated rings. The fraction of sp³-hybridized carbons (Fsp3) is 0.870. The van der Waals surface area contributed by atoms with E-state index >= 15 is 0 Å². The van der Waals surface area contributed by atoms with Gasteiger partial charge in [-0.15, -0.1) is 0 Å². The summed E-state index contributed by atoms with van der Waals surface area (Å²) in [5.41, 5.74) is 0.407. The minimum atomic E-state index is -1.15. The van der Waals surface area contributed by atoms with Crippen molar-refractivity contribution in [2.75, 3.05) is 26.2 Å². The van der Waals surface area contributed by atoms with Gasteiger partial charge in [-0.2, -0.15) is 0 Å². The molecule has 5 saturated carbocycles. The van der Waals surface area contributed by atoms with Crippen molar-refractivity contribution in [2.45, 2.75) is 159 Å². The van der Waals surface area contributed by atoms with E-state index in [4.69, 9.17) is 4.74 Å². The molecule has 5 aliphatic carbocycles. The lowest BCUT2D eigenvalue weighted by Crippen LogP contribution is -2.67. The first-order chi connectivity index (χ1) is 25.0. The van der Waals surface area contributed by atoms with Crippen LogP contribution >= 0.6 is 0 Å². The third-order valence-electron chi connectivity index (χ3n) is 17.7. The minimum absolute atomic E-state index is 0.0128. The molecular formula is C46H74N2O6. The topological polar surface area (TPSA) is 104 Å². The van der Waals surface area contributed by atoms with E-state index in [2.05, 4.69) is 66.9 Å². The highest BCUT2D eigenvalue weighted by molar-refractivity contribution is 5.81. The van der Waals surface area contributed by atoms with Crippen LogP contribution in [0.2, 0.25) is 0 Å². The number of piperazine rings is 1. The molecule has 6 aliphatic rings. The Kier molecular flexibility index (Phi) is 10.9. The highest BCUT2D eigenvalue weighted by atomic mass is 16.5. The number of rotatable bonds is 9. The summed E-state index contributed by atoms with van der Waals surface area (Å²) in [6.45, 7) is 29.2. The second-order valence-electron chi connectivity index (χ2n) is 21.8. The number of allylic oxidation sites excluding steroid dienone is 1. The molecule has 304 valence electrons. The summed E-state index contributed by atoms with van der Waals surface area (Å²) >= 11 is 0. The lowest BCUT2D eigenvalue weighted by Gasteiger charge is -2.73. The van der Waals surface area contributed by atoms with Gasteiger partial charge in [0.15, 0.2) is 0 Å². The molecule has 0 spiro atoms. The van der Waals surface area contributed by atoms with Gasteiger partial charge in [0.05, 0.1) is 11.8 Å². The number of carboxylic acid groups (broad SMARTS) is 1. The normalized spacial score (nSPS) is 40.2. The first-order valence-electron chi connectivity index (χ1n) is 21.7. The molecule has 0 bridgehead atoms. The fourth-order valence-electron chi connectivity index (χ4n) is 14.5. The van der Waals surface area contributed by atoms with Crippen LogP contribution in [0.4, 0.5) is 0 Å². The third kappa shape index (κ3) is 6.67. The van der Waals surface area contributed by atoms with E-state index in [1.807, 2.05) is 4.90 Å². The third-order valence-corrected chi connectivity index (χ3v) is 17.7. The van der Waals surface area contributed by atoms with Crippen LogP contribution in [0.1, 0.15) is 153 Å². The molecule has 10 atom stereocenters. The Morgan fingerprint density at radius 3 is 2.02 bits per heavy atom. The number of hydrogen-bond acceptors (Lipinski definition) is 5. The molecule has 0 aromatic rings. The van der Waals surface area contributed by atoms with Crippen LogP contribution in [0.5, 0.6) is 0 Å². The van der Waals surface area contributed by atoms with Crippen molar-refractivity contribution in [3.8, 4) is 0 Å². The second kappa shape index (κ2) is 14.2. The van der Waals surface area contributed by atoms with Crippen molar-refractivity contribution in [1.29, 1.82) is 0 Å². The number of esters is 1.